The number of rotatable bonds is 4. The van der Waals surface area contributed by atoms with Gasteiger partial charge < -0.3 is 10.9 Å². The molecule has 0 atom stereocenters. The lowest BCUT2D eigenvalue weighted by atomic mass is 10.2. The number of amidine groups is 1. The van der Waals surface area contributed by atoms with Crippen molar-refractivity contribution in [1.82, 2.24) is 0 Å². The zero-order valence-corrected chi connectivity index (χ0v) is 11.7. The minimum atomic E-state index is 0.0676. The van der Waals surface area contributed by atoms with Crippen LogP contribution in [0.5, 0.6) is 0 Å². The molecule has 0 aliphatic carbocycles. The van der Waals surface area contributed by atoms with Crippen molar-refractivity contribution in [2.45, 2.75) is 10.6 Å². The van der Waals surface area contributed by atoms with Gasteiger partial charge in [0.15, 0.2) is 5.84 Å². The average molecular weight is 293 g/mol. The topological polar surface area (TPSA) is 58.6 Å². The van der Waals surface area contributed by atoms with Gasteiger partial charge in [-0.1, -0.05) is 47.1 Å². The Labute approximate surface area is 121 Å². The van der Waals surface area contributed by atoms with E-state index < -0.39 is 0 Å². The molecule has 2 rings (SSSR count). The second-order valence-corrected chi connectivity index (χ2v) is 5.35. The molecule has 19 heavy (non-hydrogen) atoms. The Morgan fingerprint density at radius 2 is 1.95 bits per heavy atom. The molecule has 0 saturated heterocycles. The molecular weight excluding hydrogens is 280 g/mol. The van der Waals surface area contributed by atoms with Crippen LogP contribution in [-0.2, 0) is 5.75 Å². The molecule has 3 N–H and O–H groups in total. The van der Waals surface area contributed by atoms with Crippen LogP contribution in [0.3, 0.4) is 0 Å². The number of hydrogen-bond acceptors (Lipinski definition) is 3. The predicted octanol–water partition coefficient (Wildman–Crippen LogP) is 3.73. The van der Waals surface area contributed by atoms with Crippen molar-refractivity contribution >= 4 is 29.2 Å². The zero-order chi connectivity index (χ0) is 13.7. The van der Waals surface area contributed by atoms with Crippen molar-refractivity contribution in [3.05, 3.63) is 64.7 Å². The summed E-state index contributed by atoms with van der Waals surface area (Å²) in [4.78, 5) is 0.934. The van der Waals surface area contributed by atoms with Crippen LogP contribution in [0.15, 0.2) is 58.6 Å². The molecule has 0 radical (unpaired) electrons. The highest BCUT2D eigenvalue weighted by Gasteiger charge is 2.08. The number of nitrogens with two attached hydrogens (primary N) is 1. The number of oxime groups is 1. The van der Waals surface area contributed by atoms with Gasteiger partial charge in [-0.3, -0.25) is 0 Å². The number of hydrogen-bond donors (Lipinski definition) is 2. The Hall–Kier alpha value is -1.65. The van der Waals surface area contributed by atoms with E-state index in [0.717, 1.165) is 10.6 Å². The highest BCUT2D eigenvalue weighted by atomic mass is 35.5. The molecule has 5 heteroatoms. The molecule has 0 heterocycles. The van der Waals surface area contributed by atoms with Crippen LogP contribution in [0.2, 0.25) is 5.02 Å². The van der Waals surface area contributed by atoms with Crippen LogP contribution < -0.4 is 5.73 Å². The largest absolute Gasteiger partial charge is 0.409 e. The second-order valence-electron chi connectivity index (χ2n) is 3.90. The van der Waals surface area contributed by atoms with Crippen LogP contribution >= 0.6 is 23.4 Å². The summed E-state index contributed by atoms with van der Waals surface area (Å²) in [5.41, 5.74) is 7.53. The molecule has 0 aromatic heterocycles. The summed E-state index contributed by atoms with van der Waals surface area (Å²) in [7, 11) is 0. The first-order chi connectivity index (χ1) is 9.20. The minimum absolute atomic E-state index is 0.0676. The molecule has 2 aromatic carbocycles. The van der Waals surface area contributed by atoms with Crippen LogP contribution in [-0.4, -0.2) is 11.0 Å². The number of nitrogens with zero attached hydrogens (tertiary/aromatic N) is 1. The third kappa shape index (κ3) is 3.66. The van der Waals surface area contributed by atoms with Crippen LogP contribution in [0.25, 0.3) is 0 Å². The van der Waals surface area contributed by atoms with E-state index in [1.54, 1.807) is 23.9 Å². The minimum Gasteiger partial charge on any atom is -0.409 e. The lowest BCUT2D eigenvalue weighted by Crippen LogP contribution is -2.14. The van der Waals surface area contributed by atoms with Gasteiger partial charge in [0.1, 0.15) is 0 Å². The molecule has 2 aromatic rings. The van der Waals surface area contributed by atoms with Gasteiger partial charge in [-0.15, -0.1) is 11.8 Å². The van der Waals surface area contributed by atoms with E-state index >= 15 is 0 Å². The second kappa shape index (κ2) is 6.50. The number of benzene rings is 2. The first-order valence-corrected chi connectivity index (χ1v) is 7.01. The predicted molar refractivity (Wildman–Crippen MR) is 80.0 cm³/mol. The fourth-order valence-corrected chi connectivity index (χ4v) is 2.79. The van der Waals surface area contributed by atoms with Gasteiger partial charge in [0.25, 0.3) is 0 Å². The quantitative estimate of drug-likeness (QED) is 0.297. The Balaban J connectivity index is 2.20. The van der Waals surface area contributed by atoms with Crippen LogP contribution in [0.1, 0.15) is 11.1 Å². The summed E-state index contributed by atoms with van der Waals surface area (Å²) in [6.45, 7) is 0. The van der Waals surface area contributed by atoms with E-state index in [9.17, 15) is 0 Å². The van der Waals surface area contributed by atoms with E-state index in [4.69, 9.17) is 22.5 Å². The van der Waals surface area contributed by atoms with Gasteiger partial charge in [-0.2, -0.15) is 0 Å². The highest BCUT2D eigenvalue weighted by Crippen LogP contribution is 2.28. The molecule has 0 bridgehead atoms. The van der Waals surface area contributed by atoms with E-state index in [0.29, 0.717) is 10.6 Å². The van der Waals surface area contributed by atoms with Gasteiger partial charge >= 0.3 is 0 Å². The lowest BCUT2D eigenvalue weighted by Gasteiger charge is -2.08. The number of thioether (sulfide) groups is 1. The molecule has 0 aliphatic heterocycles. The van der Waals surface area contributed by atoms with E-state index in [1.807, 2.05) is 24.3 Å². The summed E-state index contributed by atoms with van der Waals surface area (Å²) >= 11 is 7.56. The summed E-state index contributed by atoms with van der Waals surface area (Å²) in [6, 6.07) is 15.5. The van der Waals surface area contributed by atoms with Crippen molar-refractivity contribution in [2.75, 3.05) is 0 Å². The average Bonchev–Trinajstić information content (AvgIpc) is 2.46. The maximum Gasteiger partial charge on any atom is 0.171 e. The van der Waals surface area contributed by atoms with Crippen LogP contribution in [0, 0.1) is 0 Å². The monoisotopic (exact) mass is 292 g/mol. The molecule has 98 valence electrons. The molecule has 3 nitrogen and oxygen atoms in total. The Morgan fingerprint density at radius 3 is 2.63 bits per heavy atom. The molecule has 0 aliphatic rings. The molecule has 0 unspecified atom stereocenters. The lowest BCUT2D eigenvalue weighted by molar-refractivity contribution is 0.318. The first kappa shape index (κ1) is 13.8. The zero-order valence-electron chi connectivity index (χ0n) is 10.1. The molecule has 0 saturated carbocycles. The van der Waals surface area contributed by atoms with Crippen molar-refractivity contribution in [3.8, 4) is 0 Å². The van der Waals surface area contributed by atoms with Crippen molar-refractivity contribution in [1.29, 1.82) is 0 Å². The summed E-state index contributed by atoms with van der Waals surface area (Å²) in [5, 5.41) is 12.4. The smallest absolute Gasteiger partial charge is 0.171 e. The molecular formula is C14H13ClN2OS. The van der Waals surface area contributed by atoms with Gasteiger partial charge in [0, 0.05) is 21.2 Å². The van der Waals surface area contributed by atoms with Crippen molar-refractivity contribution in [3.63, 3.8) is 0 Å². The maximum absolute atomic E-state index is 8.80. The van der Waals surface area contributed by atoms with Crippen molar-refractivity contribution in [2.24, 2.45) is 10.9 Å². The molecule has 0 spiro atoms. The highest BCUT2D eigenvalue weighted by molar-refractivity contribution is 7.98. The molecule has 0 fully saturated rings. The van der Waals surface area contributed by atoms with E-state index in [2.05, 4.69) is 17.3 Å². The third-order valence-corrected chi connectivity index (χ3v) is 3.94. The van der Waals surface area contributed by atoms with Gasteiger partial charge in [0.2, 0.25) is 0 Å². The fraction of sp³-hybridized carbons (Fsp3) is 0.0714. The van der Waals surface area contributed by atoms with Crippen LogP contribution in [0.4, 0.5) is 0 Å². The fourth-order valence-electron chi connectivity index (χ4n) is 1.62. The van der Waals surface area contributed by atoms with Gasteiger partial charge in [0.05, 0.1) is 0 Å². The standard InChI is InChI=1S/C14H13ClN2OS/c15-11-6-7-13(12(8-11)14(16)17-18)19-9-10-4-2-1-3-5-10/h1-8,18H,9H2,(H2,16,17). The Kier molecular flexibility index (Phi) is 4.71. The Morgan fingerprint density at radius 1 is 1.21 bits per heavy atom. The van der Waals surface area contributed by atoms with Crippen molar-refractivity contribution < 1.29 is 5.21 Å². The normalized spacial score (nSPS) is 11.5. The molecule has 0 amide bonds. The van der Waals surface area contributed by atoms with Gasteiger partial charge in [-0.05, 0) is 23.8 Å². The SMILES string of the molecule is NC(=NO)c1cc(Cl)ccc1SCc1ccccc1. The summed E-state index contributed by atoms with van der Waals surface area (Å²) in [6.07, 6.45) is 0. The number of halogens is 1. The summed E-state index contributed by atoms with van der Waals surface area (Å²) < 4.78 is 0. The van der Waals surface area contributed by atoms with E-state index in [-0.39, 0.29) is 5.84 Å². The summed E-state index contributed by atoms with van der Waals surface area (Å²) in [5.74, 6) is 0.881. The maximum atomic E-state index is 8.80. The van der Waals surface area contributed by atoms with Gasteiger partial charge in [-0.25, -0.2) is 0 Å². The Bertz CT molecular complexity index is 587. The first-order valence-electron chi connectivity index (χ1n) is 5.65. The van der Waals surface area contributed by atoms with E-state index in [1.165, 1.54) is 5.56 Å². The third-order valence-electron chi connectivity index (χ3n) is 2.56.